The molecule has 20 nitrogen and oxygen atoms in total. The first-order valence-electron chi connectivity index (χ1n) is 23.3. The van der Waals surface area contributed by atoms with Crippen molar-refractivity contribution in [1.29, 1.82) is 0 Å². The first-order valence-corrected chi connectivity index (χ1v) is 23.3. The summed E-state index contributed by atoms with van der Waals surface area (Å²) in [7, 11) is 0. The van der Waals surface area contributed by atoms with Crippen LogP contribution in [0.4, 0.5) is 0 Å². The Morgan fingerprint density at radius 1 is 0.377 bits per heavy atom. The molecule has 10 N–H and O–H groups in total. The van der Waals surface area contributed by atoms with E-state index in [1.165, 1.54) is 0 Å². The summed E-state index contributed by atoms with van der Waals surface area (Å²) in [5.74, 6) is -4.82. The van der Waals surface area contributed by atoms with E-state index in [9.17, 15) is 60.0 Å². The van der Waals surface area contributed by atoms with Gasteiger partial charge in [0.25, 0.3) is 0 Å². The quantitative estimate of drug-likeness (QED) is 0.0359. The number of carboxylic acid groups (broad SMARTS) is 4. The number of carboxylic acids is 4. The molecule has 21 heteroatoms. The van der Waals surface area contributed by atoms with Crippen LogP contribution in [-0.2, 0) is 36.2 Å². The summed E-state index contributed by atoms with van der Waals surface area (Å²) in [4.78, 5) is 63.5. The van der Waals surface area contributed by atoms with Crippen LogP contribution in [0.5, 0.6) is 23.0 Å². The van der Waals surface area contributed by atoms with Gasteiger partial charge in [-0.1, -0.05) is 48.5 Å². The molecule has 3 aromatic heterocycles. The van der Waals surface area contributed by atoms with Crippen molar-refractivity contribution >= 4 is 70.2 Å². The van der Waals surface area contributed by atoms with E-state index in [0.29, 0.717) is 89.4 Å². The van der Waals surface area contributed by atoms with Gasteiger partial charge in [0.1, 0.15) is 49.4 Å². The molecule has 7 aromatic rings. The van der Waals surface area contributed by atoms with Crippen LogP contribution in [0, 0.1) is 0 Å². The molecule has 0 saturated carbocycles. The zero-order valence-corrected chi connectivity index (χ0v) is 41.3. The van der Waals surface area contributed by atoms with Crippen LogP contribution in [0.1, 0.15) is 22.8 Å². The molecule has 4 aromatic carbocycles. The van der Waals surface area contributed by atoms with Gasteiger partial charge in [0.05, 0.1) is 22.8 Å². The Morgan fingerprint density at radius 2 is 0.597 bits per heavy atom. The molecule has 5 heterocycles. The molecule has 2 aliphatic heterocycles. The summed E-state index contributed by atoms with van der Waals surface area (Å²) in [6.45, 7) is -2.13. The van der Waals surface area contributed by atoms with Gasteiger partial charge in [0.2, 0.25) is 0 Å². The normalized spacial score (nSPS) is 13.1. The molecular formula is C56H46MnN4O16. The molecule has 2 aliphatic rings. The van der Waals surface area contributed by atoms with Crippen LogP contribution in [0.3, 0.4) is 0 Å². The van der Waals surface area contributed by atoms with Crippen molar-refractivity contribution in [3.63, 3.8) is 0 Å². The Labute approximate surface area is 446 Å². The Kier molecular flexibility index (Phi) is 16.6. The number of aliphatic hydroxyl groups is 4. The van der Waals surface area contributed by atoms with Crippen LogP contribution in [0.15, 0.2) is 121 Å². The van der Waals surface area contributed by atoms with Crippen molar-refractivity contribution < 1.29 is 96.0 Å². The molecule has 0 aliphatic carbocycles. The number of nitrogens with zero attached hydrogens (tertiary/aromatic N) is 2. The van der Waals surface area contributed by atoms with E-state index in [4.69, 9.17) is 28.9 Å². The van der Waals surface area contributed by atoms with Crippen LogP contribution < -0.4 is 18.9 Å². The fraction of sp³-hybridized carbons (Fsp3) is 0.143. The second-order valence-corrected chi connectivity index (χ2v) is 17.3. The molecule has 393 valence electrons. The van der Waals surface area contributed by atoms with Crippen molar-refractivity contribution in [3.8, 4) is 67.5 Å². The number of nitrogens with one attached hydrogen (secondary N) is 2. The summed E-state index contributed by atoms with van der Waals surface area (Å²) < 4.78 is 23.0. The molecule has 9 rings (SSSR count). The van der Waals surface area contributed by atoms with Gasteiger partial charge >= 0.3 is 23.9 Å². The summed E-state index contributed by atoms with van der Waals surface area (Å²) in [5, 5.41) is 77.6. The molecular weight excluding hydrogens is 1040 g/mol. The Bertz CT molecular complexity index is 3190. The number of fused-ring (bicyclic) bond motifs is 8. The zero-order valence-electron chi connectivity index (χ0n) is 40.1. The first-order chi connectivity index (χ1) is 36.6. The second kappa shape index (κ2) is 23.6. The molecule has 4 atom stereocenters. The van der Waals surface area contributed by atoms with E-state index in [-0.39, 0.29) is 40.1 Å². The molecule has 0 saturated heterocycles. The topological polar surface area (TPSA) is 324 Å². The number of H-pyrrole nitrogens is 2. The summed E-state index contributed by atoms with van der Waals surface area (Å²) in [6.07, 6.45) is 0.0785. The number of aliphatic hydroxyl groups excluding tert-OH is 4. The molecule has 0 spiro atoms. The number of hydrogen-bond acceptors (Lipinski definition) is 14. The van der Waals surface area contributed by atoms with Gasteiger partial charge < -0.3 is 69.8 Å². The van der Waals surface area contributed by atoms with E-state index in [1.807, 2.05) is 72.8 Å². The smallest absolute Gasteiger partial charge is 0.336 e. The minimum Gasteiger partial charge on any atom is -0.490 e. The van der Waals surface area contributed by atoms with Gasteiger partial charge in [0.15, 0.2) is 24.4 Å². The third-order valence-electron chi connectivity index (χ3n) is 12.0. The number of hydrogen-bond donors (Lipinski definition) is 10. The van der Waals surface area contributed by atoms with Gasteiger partial charge in [-0.2, -0.15) is 0 Å². The van der Waals surface area contributed by atoms with Crippen molar-refractivity contribution in [3.05, 3.63) is 144 Å². The Balaban J connectivity index is 0.00000784. The van der Waals surface area contributed by atoms with Gasteiger partial charge in [-0.05, 0) is 119 Å². The number of ether oxygens (including phenoxy) is 4. The average Bonchev–Trinajstić information content (AvgIpc) is 4.29. The maximum Gasteiger partial charge on any atom is 0.336 e. The molecule has 0 fully saturated rings. The van der Waals surface area contributed by atoms with E-state index in [1.54, 1.807) is 72.8 Å². The maximum atomic E-state index is 11.5. The van der Waals surface area contributed by atoms with Crippen molar-refractivity contribution in [2.75, 3.05) is 26.4 Å². The van der Waals surface area contributed by atoms with Crippen LogP contribution in [-0.4, -0.2) is 136 Å². The Morgan fingerprint density at radius 3 is 0.805 bits per heavy atom. The third kappa shape index (κ3) is 12.4. The van der Waals surface area contributed by atoms with Crippen molar-refractivity contribution in [2.45, 2.75) is 24.4 Å². The summed E-state index contributed by atoms with van der Waals surface area (Å²) in [6, 6.07) is 34.6. The molecule has 0 amide bonds. The van der Waals surface area contributed by atoms with Gasteiger partial charge in [-0.3, -0.25) is 0 Å². The Hall–Kier alpha value is -9.08. The van der Waals surface area contributed by atoms with Crippen LogP contribution >= 0.6 is 0 Å². The van der Waals surface area contributed by atoms with Crippen molar-refractivity contribution in [2.24, 2.45) is 0 Å². The monoisotopic (exact) mass is 1090 g/mol. The fourth-order valence-electron chi connectivity index (χ4n) is 8.37. The molecule has 8 bridgehead atoms. The van der Waals surface area contributed by atoms with Crippen molar-refractivity contribution in [1.82, 2.24) is 19.9 Å². The fourth-order valence-corrected chi connectivity index (χ4v) is 8.37. The minimum absolute atomic E-state index is 0. The number of benzene rings is 4. The zero-order chi connectivity index (χ0) is 53.6. The second-order valence-electron chi connectivity index (χ2n) is 17.3. The standard InChI is InChI=1S/C56H46N4O16.Mn/c61-45(53(65)66)25-73-33-9-1-5-29(21-33)49-37-13-15-39(57-37)50(30-6-2-10-34(22-30)74-26-46(62)54(67)68)41-17-19-43(59-41)52(32-8-4-12-36(24-32)76-28-48(64)56(71)72)44-20-18-42(60-44)51(40-16-14-38(49)58-40)31-7-3-11-35(23-31)75-27-47(63)55(69)70;/h1-24,45-48,57,60-64H,25-28H2,(H,65,66)(H,67,68)(H,69,70)(H,71,72);. The van der Waals surface area contributed by atoms with E-state index < -0.39 is 74.7 Å². The first kappa shape index (κ1) is 54.2. The van der Waals surface area contributed by atoms with Gasteiger partial charge in [-0.15, -0.1) is 0 Å². The number of rotatable bonds is 20. The number of carbonyl (C=O) groups is 4. The minimum atomic E-state index is -1.79. The number of aromatic nitrogens is 4. The molecule has 4 unspecified atom stereocenters. The van der Waals surface area contributed by atoms with E-state index >= 15 is 0 Å². The van der Waals surface area contributed by atoms with Crippen LogP contribution in [0.2, 0.25) is 0 Å². The van der Waals surface area contributed by atoms with Crippen LogP contribution in [0.25, 0.3) is 90.9 Å². The van der Waals surface area contributed by atoms with E-state index in [0.717, 1.165) is 0 Å². The number of aliphatic carboxylic acids is 4. The largest absolute Gasteiger partial charge is 0.490 e. The summed E-state index contributed by atoms with van der Waals surface area (Å²) in [5.41, 5.74) is 8.54. The SMILES string of the molecule is O=C(O)C(O)COc1cccc(-c2c3nc(c(-c4cccc(OCC(O)C(=O)O)c4)c4ccc([nH]4)c(-c4cccc(OCC(O)C(=O)O)c4)c4nc(c(-c5cccc(OCC(O)C(=O)O)c5)c5ccc2[nH]5)C=C4)C=C3)c1.[Mn]. The van der Waals surface area contributed by atoms with E-state index in [2.05, 4.69) is 9.97 Å². The maximum absolute atomic E-state index is 11.5. The van der Waals surface area contributed by atoms with Gasteiger partial charge in [0, 0.05) is 61.4 Å². The third-order valence-corrected chi connectivity index (χ3v) is 12.0. The molecule has 77 heavy (non-hydrogen) atoms. The predicted molar refractivity (Wildman–Crippen MR) is 277 cm³/mol. The number of aromatic amines is 2. The predicted octanol–water partition coefficient (Wildman–Crippen LogP) is 6.62. The average molecular weight is 1090 g/mol. The molecule has 1 radical (unpaired) electrons. The van der Waals surface area contributed by atoms with Gasteiger partial charge in [-0.25, -0.2) is 29.1 Å². The summed E-state index contributed by atoms with van der Waals surface area (Å²) >= 11 is 0.